The van der Waals surface area contributed by atoms with Crippen LogP contribution < -0.4 is 10.6 Å². The smallest absolute Gasteiger partial charge is 0.235 e. The molecular formula is C22H28N3OS2+. The maximum atomic E-state index is 12.5. The summed E-state index contributed by atoms with van der Waals surface area (Å²) in [5.41, 5.74) is 4.18. The monoisotopic (exact) mass is 414 g/mol. The van der Waals surface area contributed by atoms with Crippen molar-refractivity contribution < 1.29 is 10.1 Å². The van der Waals surface area contributed by atoms with Crippen LogP contribution in [0.2, 0.25) is 0 Å². The number of rotatable bonds is 5. The summed E-state index contributed by atoms with van der Waals surface area (Å²) in [5.74, 6) is 1.14. The van der Waals surface area contributed by atoms with Crippen molar-refractivity contribution in [1.29, 1.82) is 5.26 Å². The van der Waals surface area contributed by atoms with Crippen LogP contribution in [0.15, 0.2) is 24.3 Å². The van der Waals surface area contributed by atoms with Gasteiger partial charge in [-0.1, -0.05) is 24.3 Å². The zero-order chi connectivity index (χ0) is 20.5. The van der Waals surface area contributed by atoms with E-state index in [2.05, 4.69) is 63.5 Å². The van der Waals surface area contributed by atoms with E-state index in [1.807, 2.05) is 12.1 Å². The van der Waals surface area contributed by atoms with Crippen molar-refractivity contribution >= 4 is 34.0 Å². The second-order valence-electron chi connectivity index (χ2n) is 8.72. The van der Waals surface area contributed by atoms with Gasteiger partial charge in [0.15, 0.2) is 0 Å². The summed E-state index contributed by atoms with van der Waals surface area (Å²) >= 11 is 3.16. The quantitative estimate of drug-likeness (QED) is 0.779. The Hall–Kier alpha value is -1.81. The number of quaternary nitrogens is 1. The molecule has 1 amide bonds. The summed E-state index contributed by atoms with van der Waals surface area (Å²) in [4.78, 5) is 13.7. The second kappa shape index (κ2) is 7.90. The highest BCUT2D eigenvalue weighted by molar-refractivity contribution is 7.99. The van der Waals surface area contributed by atoms with Crippen molar-refractivity contribution in [2.45, 2.75) is 57.9 Å². The highest BCUT2D eigenvalue weighted by atomic mass is 32.2. The van der Waals surface area contributed by atoms with Crippen LogP contribution in [0.25, 0.3) is 0 Å². The van der Waals surface area contributed by atoms with Gasteiger partial charge in [0.2, 0.25) is 5.91 Å². The Morgan fingerprint density at radius 3 is 2.71 bits per heavy atom. The van der Waals surface area contributed by atoms with E-state index in [4.69, 9.17) is 0 Å². The molecule has 1 aromatic carbocycles. The summed E-state index contributed by atoms with van der Waals surface area (Å²) in [7, 11) is 0. The van der Waals surface area contributed by atoms with Gasteiger partial charge in [0.25, 0.3) is 0 Å². The minimum Gasteiger partial charge on any atom is -0.333 e. The zero-order valence-electron chi connectivity index (χ0n) is 17.2. The molecule has 148 valence electrons. The average Bonchev–Trinajstić information content (AvgIpc) is 2.92. The van der Waals surface area contributed by atoms with E-state index >= 15 is 0 Å². The normalized spacial score (nSPS) is 16.9. The zero-order valence-corrected chi connectivity index (χ0v) is 18.8. The lowest BCUT2D eigenvalue weighted by atomic mass is 9.81. The SMILES string of the molecule is Cc1ccccc1CSCC(=O)Nc1sc2c(c1C#N)CC(C)(C)[NH2+]C2(C)C. The van der Waals surface area contributed by atoms with Crippen molar-refractivity contribution in [3.8, 4) is 6.07 Å². The summed E-state index contributed by atoms with van der Waals surface area (Å²) in [6, 6.07) is 10.6. The van der Waals surface area contributed by atoms with Crippen molar-refractivity contribution in [1.82, 2.24) is 0 Å². The van der Waals surface area contributed by atoms with E-state index in [1.54, 1.807) is 23.1 Å². The van der Waals surface area contributed by atoms with E-state index in [0.717, 1.165) is 17.7 Å². The number of hydrogen-bond acceptors (Lipinski definition) is 4. The largest absolute Gasteiger partial charge is 0.333 e. The fourth-order valence-corrected chi connectivity index (χ4v) is 6.26. The minimum absolute atomic E-state index is 0.0356. The Kier molecular flexibility index (Phi) is 5.90. The molecule has 0 unspecified atom stereocenters. The van der Waals surface area contributed by atoms with Gasteiger partial charge in [-0.3, -0.25) is 4.79 Å². The third-order valence-electron chi connectivity index (χ3n) is 5.09. The Bertz CT molecular complexity index is 938. The molecule has 3 N–H and O–H groups in total. The molecule has 1 aliphatic heterocycles. The van der Waals surface area contributed by atoms with E-state index in [9.17, 15) is 10.1 Å². The van der Waals surface area contributed by atoms with Crippen LogP contribution in [0.4, 0.5) is 5.00 Å². The predicted octanol–water partition coefficient (Wildman–Crippen LogP) is 3.93. The van der Waals surface area contributed by atoms with E-state index < -0.39 is 0 Å². The number of nitrogens with zero attached hydrogens (tertiary/aromatic N) is 1. The molecule has 28 heavy (non-hydrogen) atoms. The molecule has 0 saturated carbocycles. The van der Waals surface area contributed by atoms with Crippen LogP contribution in [-0.4, -0.2) is 17.2 Å². The van der Waals surface area contributed by atoms with Crippen LogP contribution >= 0.6 is 23.1 Å². The number of nitrogens with two attached hydrogens (primary N) is 1. The maximum absolute atomic E-state index is 12.5. The number of fused-ring (bicyclic) bond motifs is 1. The fourth-order valence-electron chi connectivity index (χ4n) is 4.10. The number of hydrogen-bond donors (Lipinski definition) is 2. The number of benzene rings is 1. The maximum Gasteiger partial charge on any atom is 0.235 e. The summed E-state index contributed by atoms with van der Waals surface area (Å²) in [6.45, 7) is 10.9. The molecule has 0 aliphatic carbocycles. The van der Waals surface area contributed by atoms with Crippen molar-refractivity contribution in [2.75, 3.05) is 11.1 Å². The first-order valence-electron chi connectivity index (χ1n) is 9.48. The highest BCUT2D eigenvalue weighted by Crippen LogP contribution is 2.41. The third kappa shape index (κ3) is 4.43. The van der Waals surface area contributed by atoms with Crippen molar-refractivity contribution in [3.63, 3.8) is 0 Å². The number of aryl methyl sites for hydroxylation is 1. The number of carbonyl (C=O) groups excluding carboxylic acids is 1. The Labute approximate surface area is 175 Å². The van der Waals surface area contributed by atoms with Crippen molar-refractivity contribution in [2.24, 2.45) is 0 Å². The van der Waals surface area contributed by atoms with Gasteiger partial charge in [0.05, 0.1) is 21.7 Å². The number of amides is 1. The van der Waals surface area contributed by atoms with Gasteiger partial charge in [-0.2, -0.15) is 5.26 Å². The van der Waals surface area contributed by atoms with Crippen molar-refractivity contribution in [3.05, 3.63) is 51.4 Å². The van der Waals surface area contributed by atoms with Gasteiger partial charge in [-0.15, -0.1) is 23.1 Å². The number of thioether (sulfide) groups is 1. The fraction of sp³-hybridized carbons (Fsp3) is 0.455. The standard InChI is InChI=1S/C22H27N3OS2/c1-14-8-6-7-9-15(14)12-27-13-18(26)24-20-17(11-23)16-10-21(2,3)25-22(4,5)19(16)28-20/h6-9,25H,10,12-13H2,1-5H3,(H,24,26)/p+1. The van der Waals surface area contributed by atoms with Gasteiger partial charge >= 0.3 is 0 Å². The molecule has 0 saturated heterocycles. The Morgan fingerprint density at radius 2 is 2.04 bits per heavy atom. The lowest BCUT2D eigenvalue weighted by molar-refractivity contribution is -0.789. The first kappa shape index (κ1) is 20.9. The topological polar surface area (TPSA) is 69.5 Å². The Balaban J connectivity index is 1.71. The van der Waals surface area contributed by atoms with Gasteiger partial charge in [-0.05, 0) is 51.3 Å². The van der Waals surface area contributed by atoms with Gasteiger partial charge in [0.1, 0.15) is 16.6 Å². The summed E-state index contributed by atoms with van der Waals surface area (Å²) < 4.78 is 0. The van der Waals surface area contributed by atoms with E-state index in [1.165, 1.54) is 16.0 Å². The lowest BCUT2D eigenvalue weighted by Gasteiger charge is -2.38. The van der Waals surface area contributed by atoms with Crippen LogP contribution in [0.1, 0.15) is 54.8 Å². The molecule has 0 spiro atoms. The average molecular weight is 415 g/mol. The molecule has 1 aromatic heterocycles. The molecular weight excluding hydrogens is 386 g/mol. The predicted molar refractivity (Wildman–Crippen MR) is 118 cm³/mol. The number of anilines is 1. The molecule has 0 bridgehead atoms. The third-order valence-corrected chi connectivity index (χ3v) is 7.56. The lowest BCUT2D eigenvalue weighted by Crippen LogP contribution is -3.03. The van der Waals surface area contributed by atoms with Crippen LogP contribution in [0.5, 0.6) is 0 Å². The number of carbonyl (C=O) groups is 1. The number of nitrogens with one attached hydrogen (secondary N) is 1. The van der Waals surface area contributed by atoms with Crippen LogP contribution in [-0.2, 0) is 22.5 Å². The highest BCUT2D eigenvalue weighted by Gasteiger charge is 2.44. The molecule has 1 aliphatic rings. The second-order valence-corrected chi connectivity index (χ2v) is 10.7. The minimum atomic E-state index is -0.101. The van der Waals surface area contributed by atoms with Crippen LogP contribution in [0, 0.1) is 18.3 Å². The summed E-state index contributed by atoms with van der Waals surface area (Å²) in [6.07, 6.45) is 0.836. The first-order valence-corrected chi connectivity index (χ1v) is 11.5. The molecule has 0 fully saturated rings. The van der Waals surface area contributed by atoms with E-state index in [-0.39, 0.29) is 17.0 Å². The van der Waals surface area contributed by atoms with Gasteiger partial charge < -0.3 is 10.6 Å². The van der Waals surface area contributed by atoms with Gasteiger partial charge in [-0.25, -0.2) is 0 Å². The molecule has 6 heteroatoms. The van der Waals surface area contributed by atoms with Crippen LogP contribution in [0.3, 0.4) is 0 Å². The number of thiophene rings is 1. The molecule has 0 radical (unpaired) electrons. The number of nitriles is 1. The summed E-state index contributed by atoms with van der Waals surface area (Å²) in [5, 5.41) is 15.8. The molecule has 0 atom stereocenters. The Morgan fingerprint density at radius 1 is 1.32 bits per heavy atom. The molecule has 2 aromatic rings. The molecule has 2 heterocycles. The molecule has 4 nitrogen and oxygen atoms in total. The van der Waals surface area contributed by atoms with E-state index in [0.29, 0.717) is 16.3 Å². The first-order chi connectivity index (χ1) is 13.1. The molecule has 3 rings (SSSR count). The van der Waals surface area contributed by atoms with Gasteiger partial charge in [0, 0.05) is 12.2 Å².